The molecule has 2 aromatic carbocycles. The fourth-order valence-electron chi connectivity index (χ4n) is 2.21. The molecule has 0 atom stereocenters. The number of benzene rings is 2. The molecule has 138 valence electrons. The maximum atomic E-state index is 5.75. The normalized spacial score (nSPS) is 10.8. The van der Waals surface area contributed by atoms with E-state index < -0.39 is 0 Å². The number of rotatable bonds is 8. The van der Waals surface area contributed by atoms with Crippen molar-refractivity contribution < 1.29 is 9.47 Å². The third kappa shape index (κ3) is 6.72. The van der Waals surface area contributed by atoms with Gasteiger partial charge < -0.3 is 14.8 Å². The molecule has 0 saturated heterocycles. The summed E-state index contributed by atoms with van der Waals surface area (Å²) >= 11 is 5.22. The minimum atomic E-state index is 0.0865. The van der Waals surface area contributed by atoms with Crippen LogP contribution in [0.25, 0.3) is 0 Å². The highest BCUT2D eigenvalue weighted by molar-refractivity contribution is 7.80. The van der Waals surface area contributed by atoms with E-state index >= 15 is 0 Å². The zero-order valence-corrected chi connectivity index (χ0v) is 16.2. The average Bonchev–Trinajstić information content (AvgIpc) is 2.63. The molecular formula is C20H25N3O2S. The van der Waals surface area contributed by atoms with Gasteiger partial charge in [-0.1, -0.05) is 30.3 Å². The highest BCUT2D eigenvalue weighted by atomic mass is 32.1. The molecule has 0 saturated carbocycles. The summed E-state index contributed by atoms with van der Waals surface area (Å²) in [4.78, 5) is 0. The first-order chi connectivity index (χ1) is 12.6. The van der Waals surface area contributed by atoms with Gasteiger partial charge >= 0.3 is 0 Å². The van der Waals surface area contributed by atoms with Crippen molar-refractivity contribution in [3.05, 3.63) is 59.7 Å². The highest BCUT2D eigenvalue weighted by Crippen LogP contribution is 2.28. The molecule has 0 heterocycles. The zero-order chi connectivity index (χ0) is 18.8. The van der Waals surface area contributed by atoms with Crippen LogP contribution in [0.3, 0.4) is 0 Å². The van der Waals surface area contributed by atoms with Crippen molar-refractivity contribution in [2.75, 3.05) is 6.61 Å². The zero-order valence-electron chi connectivity index (χ0n) is 15.4. The number of thiocarbonyl (C=S) groups is 1. The molecule has 0 aromatic heterocycles. The lowest BCUT2D eigenvalue weighted by Crippen LogP contribution is -2.31. The molecule has 2 N–H and O–H groups in total. The maximum absolute atomic E-state index is 5.75. The van der Waals surface area contributed by atoms with E-state index in [2.05, 4.69) is 15.8 Å². The summed E-state index contributed by atoms with van der Waals surface area (Å²) in [5, 5.41) is 7.75. The van der Waals surface area contributed by atoms with Gasteiger partial charge in [0.1, 0.15) is 0 Å². The molecule has 2 aromatic rings. The van der Waals surface area contributed by atoms with Crippen LogP contribution in [0.1, 0.15) is 31.9 Å². The Morgan fingerprint density at radius 2 is 1.92 bits per heavy atom. The Morgan fingerprint density at radius 1 is 1.15 bits per heavy atom. The summed E-state index contributed by atoms with van der Waals surface area (Å²) < 4.78 is 11.4. The van der Waals surface area contributed by atoms with Gasteiger partial charge in [-0.05, 0) is 62.3 Å². The molecule has 0 spiro atoms. The summed E-state index contributed by atoms with van der Waals surface area (Å²) in [5.74, 6) is 1.43. The minimum absolute atomic E-state index is 0.0865. The number of hydrogen-bond donors (Lipinski definition) is 2. The molecule has 0 amide bonds. The van der Waals surface area contributed by atoms with Crippen molar-refractivity contribution in [2.24, 2.45) is 5.10 Å². The van der Waals surface area contributed by atoms with Crippen LogP contribution in [0.2, 0.25) is 0 Å². The summed E-state index contributed by atoms with van der Waals surface area (Å²) in [6.45, 7) is 7.13. The van der Waals surface area contributed by atoms with Crippen LogP contribution >= 0.6 is 12.2 Å². The van der Waals surface area contributed by atoms with Crippen molar-refractivity contribution in [1.82, 2.24) is 10.7 Å². The molecule has 0 fully saturated rings. The van der Waals surface area contributed by atoms with Gasteiger partial charge in [0.05, 0.1) is 18.9 Å². The van der Waals surface area contributed by atoms with Gasteiger partial charge in [-0.15, -0.1) is 0 Å². The van der Waals surface area contributed by atoms with E-state index in [1.807, 2.05) is 69.3 Å². The van der Waals surface area contributed by atoms with Crippen molar-refractivity contribution in [1.29, 1.82) is 0 Å². The molecule has 26 heavy (non-hydrogen) atoms. The predicted octanol–water partition coefficient (Wildman–Crippen LogP) is 3.87. The summed E-state index contributed by atoms with van der Waals surface area (Å²) in [6, 6.07) is 15.8. The number of hydrazone groups is 1. The lowest BCUT2D eigenvalue weighted by molar-refractivity contribution is 0.224. The van der Waals surface area contributed by atoms with E-state index in [0.29, 0.717) is 24.0 Å². The average molecular weight is 372 g/mol. The van der Waals surface area contributed by atoms with Gasteiger partial charge in [0, 0.05) is 6.54 Å². The first-order valence-corrected chi connectivity index (χ1v) is 9.03. The van der Waals surface area contributed by atoms with Gasteiger partial charge in [-0.25, -0.2) is 0 Å². The van der Waals surface area contributed by atoms with Crippen LogP contribution in [0.4, 0.5) is 0 Å². The number of nitrogens with one attached hydrogen (secondary N) is 2. The summed E-state index contributed by atoms with van der Waals surface area (Å²) in [5.41, 5.74) is 4.86. The molecule has 0 aliphatic rings. The second-order valence-corrected chi connectivity index (χ2v) is 6.25. The summed E-state index contributed by atoms with van der Waals surface area (Å²) in [7, 11) is 0. The van der Waals surface area contributed by atoms with E-state index in [9.17, 15) is 0 Å². The van der Waals surface area contributed by atoms with Crippen LogP contribution in [-0.4, -0.2) is 24.0 Å². The maximum Gasteiger partial charge on any atom is 0.187 e. The van der Waals surface area contributed by atoms with E-state index in [-0.39, 0.29) is 6.10 Å². The molecule has 6 heteroatoms. The van der Waals surface area contributed by atoms with Gasteiger partial charge in [0.15, 0.2) is 16.6 Å². The van der Waals surface area contributed by atoms with Crippen molar-refractivity contribution in [2.45, 2.75) is 33.4 Å². The quantitative estimate of drug-likeness (QED) is 0.419. The largest absolute Gasteiger partial charge is 0.490 e. The molecule has 0 bridgehead atoms. The number of hydrogen-bond acceptors (Lipinski definition) is 4. The van der Waals surface area contributed by atoms with E-state index in [0.717, 1.165) is 16.9 Å². The molecule has 0 aliphatic carbocycles. The Labute approximate surface area is 160 Å². The topological polar surface area (TPSA) is 54.9 Å². The first-order valence-electron chi connectivity index (χ1n) is 8.62. The molecular weight excluding hydrogens is 346 g/mol. The first kappa shape index (κ1) is 19.7. The monoisotopic (exact) mass is 371 g/mol. The third-order valence-corrected chi connectivity index (χ3v) is 3.54. The van der Waals surface area contributed by atoms with E-state index in [1.165, 1.54) is 0 Å². The van der Waals surface area contributed by atoms with Crippen LogP contribution in [0, 0.1) is 0 Å². The van der Waals surface area contributed by atoms with Gasteiger partial charge in [0.25, 0.3) is 0 Å². The number of ether oxygens (including phenoxy) is 2. The smallest absolute Gasteiger partial charge is 0.187 e. The second-order valence-electron chi connectivity index (χ2n) is 5.84. The standard InChI is InChI=1S/C20H25N3O2S/c1-4-24-19-12-17(10-11-18(19)25-15(2)3)14-22-23-20(26)21-13-16-8-6-5-7-9-16/h5-12,14-15H,4,13H2,1-3H3,(H2,21,23,26)/b22-14-. The minimum Gasteiger partial charge on any atom is -0.490 e. The number of nitrogens with zero attached hydrogens (tertiary/aromatic N) is 1. The van der Waals surface area contributed by atoms with Crippen LogP contribution < -0.4 is 20.2 Å². The Kier molecular flexibility index (Phi) is 7.89. The lowest BCUT2D eigenvalue weighted by atomic mass is 10.2. The van der Waals surface area contributed by atoms with Crippen molar-refractivity contribution in [3.63, 3.8) is 0 Å². The van der Waals surface area contributed by atoms with Crippen molar-refractivity contribution in [3.8, 4) is 11.5 Å². The van der Waals surface area contributed by atoms with Gasteiger partial charge in [-0.3, -0.25) is 5.43 Å². The Hall–Kier alpha value is -2.60. The SMILES string of the molecule is CCOc1cc(/C=N\NC(=S)NCc2ccccc2)ccc1OC(C)C. The molecule has 2 rings (SSSR count). The van der Waals surface area contributed by atoms with Crippen molar-refractivity contribution >= 4 is 23.5 Å². The fourth-order valence-corrected chi connectivity index (χ4v) is 2.33. The molecule has 0 radical (unpaired) electrons. The van der Waals surface area contributed by atoms with Crippen LogP contribution in [0.15, 0.2) is 53.6 Å². The van der Waals surface area contributed by atoms with Crippen LogP contribution in [-0.2, 0) is 6.54 Å². The summed E-state index contributed by atoms with van der Waals surface area (Å²) in [6.07, 6.45) is 1.78. The van der Waals surface area contributed by atoms with Gasteiger partial charge in [-0.2, -0.15) is 5.10 Å². The molecule has 0 unspecified atom stereocenters. The third-order valence-electron chi connectivity index (χ3n) is 3.31. The molecule has 0 aliphatic heterocycles. The second kappa shape index (κ2) is 10.4. The fraction of sp³-hybridized carbons (Fsp3) is 0.300. The lowest BCUT2D eigenvalue weighted by Gasteiger charge is -2.14. The Morgan fingerprint density at radius 3 is 2.62 bits per heavy atom. The van der Waals surface area contributed by atoms with E-state index in [1.54, 1.807) is 6.21 Å². The Balaban J connectivity index is 1.90. The molecule has 5 nitrogen and oxygen atoms in total. The highest BCUT2D eigenvalue weighted by Gasteiger charge is 2.07. The van der Waals surface area contributed by atoms with Gasteiger partial charge in [0.2, 0.25) is 0 Å². The van der Waals surface area contributed by atoms with Crippen LogP contribution in [0.5, 0.6) is 11.5 Å². The van der Waals surface area contributed by atoms with E-state index in [4.69, 9.17) is 21.7 Å². The predicted molar refractivity (Wildman–Crippen MR) is 110 cm³/mol. The Bertz CT molecular complexity index is 733.